The molecule has 1 aromatic carbocycles. The lowest BCUT2D eigenvalue weighted by Gasteiger charge is -2.16. The Morgan fingerprint density at radius 3 is 2.61 bits per heavy atom. The van der Waals surface area contributed by atoms with Crippen molar-refractivity contribution in [1.29, 1.82) is 0 Å². The number of sulfonamides is 1. The number of nitrogen functional groups attached to an aromatic ring is 1. The minimum Gasteiger partial charge on any atom is -0.475 e. The van der Waals surface area contributed by atoms with Gasteiger partial charge in [0.25, 0.3) is 10.0 Å². The van der Waals surface area contributed by atoms with Gasteiger partial charge in [0, 0.05) is 21.1 Å². The molecule has 202 valence electrons. The predicted molar refractivity (Wildman–Crippen MR) is 136 cm³/mol. The number of hydrogen-bond acceptors (Lipinski definition) is 9. The summed E-state index contributed by atoms with van der Waals surface area (Å²) in [5, 5.41) is 9.18. The van der Waals surface area contributed by atoms with Crippen LogP contribution in [0.15, 0.2) is 40.9 Å². The zero-order chi connectivity index (χ0) is 27.8. The maximum absolute atomic E-state index is 12.9. The van der Waals surface area contributed by atoms with E-state index in [-0.39, 0.29) is 10.1 Å². The van der Waals surface area contributed by atoms with Gasteiger partial charge < -0.3 is 15.7 Å². The number of aliphatic carboxylic acids is 1. The van der Waals surface area contributed by atoms with Crippen molar-refractivity contribution in [3.8, 4) is 0 Å². The molecule has 5 rings (SSSR count). The van der Waals surface area contributed by atoms with Crippen LogP contribution in [0.4, 0.5) is 19.0 Å². The van der Waals surface area contributed by atoms with Crippen molar-refractivity contribution in [3.63, 3.8) is 0 Å². The number of benzene rings is 1. The Kier molecular flexibility index (Phi) is 7.81. The summed E-state index contributed by atoms with van der Waals surface area (Å²) in [4.78, 5) is 33.3. The fourth-order valence-electron chi connectivity index (χ4n) is 3.56. The molecule has 0 spiro atoms. The number of anilines is 1. The van der Waals surface area contributed by atoms with Crippen molar-refractivity contribution >= 4 is 82.3 Å². The minimum atomic E-state index is -5.08. The van der Waals surface area contributed by atoms with Crippen molar-refractivity contribution in [3.05, 3.63) is 46.6 Å². The number of fused-ring (bicyclic) bond motifs is 2. The van der Waals surface area contributed by atoms with Crippen LogP contribution in [0.1, 0.15) is 11.3 Å². The molecule has 1 fully saturated rings. The molecule has 38 heavy (non-hydrogen) atoms. The highest BCUT2D eigenvalue weighted by Gasteiger charge is 2.38. The quantitative estimate of drug-likeness (QED) is 0.309. The predicted octanol–water partition coefficient (Wildman–Crippen LogP) is 3.85. The molecule has 1 amide bonds. The Morgan fingerprint density at radius 1 is 1.24 bits per heavy atom. The second-order valence-electron chi connectivity index (χ2n) is 7.96. The lowest BCUT2D eigenvalue weighted by Crippen LogP contribution is -2.40. The van der Waals surface area contributed by atoms with Gasteiger partial charge in [-0.25, -0.2) is 23.2 Å². The van der Waals surface area contributed by atoms with Crippen LogP contribution in [0, 0.1) is 0 Å². The zero-order valence-corrected chi connectivity index (χ0v) is 22.1. The first-order valence-electron chi connectivity index (χ1n) is 10.5. The number of halogens is 4. The summed E-state index contributed by atoms with van der Waals surface area (Å²) >= 11 is 8.58. The second kappa shape index (κ2) is 10.6. The van der Waals surface area contributed by atoms with Gasteiger partial charge in [0.2, 0.25) is 5.91 Å². The van der Waals surface area contributed by atoms with Crippen LogP contribution in [0.3, 0.4) is 0 Å². The molecule has 4 N–H and O–H groups in total. The molecular formula is C21H17ClF3N5O5S3. The molecule has 1 saturated heterocycles. The number of hydrogen-bond donors (Lipinski definition) is 3. The number of rotatable bonds is 5. The highest BCUT2D eigenvalue weighted by molar-refractivity contribution is 7.91. The second-order valence-corrected chi connectivity index (χ2v) is 12.5. The van der Waals surface area contributed by atoms with Crippen LogP contribution < -0.4 is 10.5 Å². The topological polar surface area (TPSA) is 156 Å². The molecule has 4 heterocycles. The van der Waals surface area contributed by atoms with E-state index in [1.807, 2.05) is 6.07 Å². The Morgan fingerprint density at radius 2 is 1.95 bits per heavy atom. The number of carbonyl (C=O) groups excluding carboxylic acids is 1. The number of nitrogens with one attached hydrogen (secondary N) is 1. The monoisotopic (exact) mass is 607 g/mol. The lowest BCUT2D eigenvalue weighted by atomic mass is 10.3. The van der Waals surface area contributed by atoms with E-state index in [1.165, 1.54) is 17.7 Å². The standard InChI is InChI=1S/C19H16ClN5O3S3.C2HF3O2/c20-11-1-2-15-10(5-11)6-16(30-15)31(27,28)24-14-3-4-25(19(14)26)8-12-7-13-17(21)22-9-23-18(13)29-12;3-2(4,5)1(6)7/h1-2,5-7,9,14,24H,3-4,8H2,(H2,21,22,23);(H,6,7)/t14-;/m0./s1. The molecule has 0 saturated carbocycles. The Bertz CT molecular complexity index is 1640. The third-order valence-electron chi connectivity index (χ3n) is 5.32. The molecule has 1 atom stereocenters. The molecular weight excluding hydrogens is 591 g/mol. The summed E-state index contributed by atoms with van der Waals surface area (Å²) in [6, 6.07) is 7.88. The van der Waals surface area contributed by atoms with Gasteiger partial charge in [-0.1, -0.05) is 11.6 Å². The van der Waals surface area contributed by atoms with Crippen LogP contribution in [0.25, 0.3) is 20.3 Å². The molecule has 0 unspecified atom stereocenters. The first-order valence-corrected chi connectivity index (χ1v) is 14.0. The third-order valence-corrected chi connectivity index (χ3v) is 9.64. The van der Waals surface area contributed by atoms with Crippen LogP contribution >= 0.6 is 34.3 Å². The number of thiophene rings is 2. The van der Waals surface area contributed by atoms with Crippen LogP contribution in [-0.4, -0.2) is 59.0 Å². The average molecular weight is 608 g/mol. The van der Waals surface area contributed by atoms with Crippen molar-refractivity contribution < 1.29 is 36.3 Å². The van der Waals surface area contributed by atoms with Crippen molar-refractivity contribution in [1.82, 2.24) is 19.6 Å². The maximum Gasteiger partial charge on any atom is 0.490 e. The van der Waals surface area contributed by atoms with Crippen LogP contribution in [0.2, 0.25) is 5.02 Å². The van der Waals surface area contributed by atoms with E-state index in [1.54, 1.807) is 29.2 Å². The van der Waals surface area contributed by atoms with Gasteiger partial charge >= 0.3 is 12.1 Å². The summed E-state index contributed by atoms with van der Waals surface area (Å²) < 4.78 is 61.0. The summed E-state index contributed by atoms with van der Waals surface area (Å²) in [7, 11) is -3.83. The molecule has 0 bridgehead atoms. The highest BCUT2D eigenvalue weighted by Crippen LogP contribution is 2.32. The number of carbonyl (C=O) groups is 2. The van der Waals surface area contributed by atoms with Crippen molar-refractivity contribution in [2.75, 3.05) is 12.3 Å². The average Bonchev–Trinajstić information content (AvgIpc) is 3.52. The largest absolute Gasteiger partial charge is 0.490 e. The summed E-state index contributed by atoms with van der Waals surface area (Å²) in [5.74, 6) is -2.60. The van der Waals surface area contributed by atoms with Crippen LogP contribution in [0.5, 0.6) is 0 Å². The van der Waals surface area contributed by atoms with Gasteiger partial charge in [-0.15, -0.1) is 22.7 Å². The van der Waals surface area contributed by atoms with Gasteiger partial charge in [-0.2, -0.15) is 17.9 Å². The Balaban J connectivity index is 0.000000426. The first kappa shape index (κ1) is 28.0. The Labute approximate surface area is 225 Å². The first-order chi connectivity index (χ1) is 17.7. The molecule has 3 aromatic heterocycles. The normalized spacial score (nSPS) is 16.2. The SMILES string of the molecule is Nc1ncnc2sc(CN3CC[C@H](NS(=O)(=O)c4cc5cc(Cl)ccc5s4)C3=O)cc12.O=C(O)C(F)(F)F. The number of nitrogens with zero attached hydrogens (tertiary/aromatic N) is 3. The van der Waals surface area contributed by atoms with Gasteiger partial charge in [0.15, 0.2) is 0 Å². The van der Waals surface area contributed by atoms with E-state index >= 15 is 0 Å². The van der Waals surface area contributed by atoms with Gasteiger partial charge in [0.1, 0.15) is 27.2 Å². The molecule has 0 radical (unpaired) electrons. The summed E-state index contributed by atoms with van der Waals surface area (Å²) in [6.07, 6.45) is -3.27. The summed E-state index contributed by atoms with van der Waals surface area (Å²) in [5.41, 5.74) is 5.88. The number of aromatic nitrogens is 2. The zero-order valence-electron chi connectivity index (χ0n) is 18.9. The molecule has 4 aromatic rings. The number of carboxylic acid groups (broad SMARTS) is 1. The van der Waals surface area contributed by atoms with E-state index in [4.69, 9.17) is 27.2 Å². The van der Waals surface area contributed by atoms with E-state index in [0.29, 0.717) is 30.4 Å². The van der Waals surface area contributed by atoms with Gasteiger partial charge in [-0.05, 0) is 42.1 Å². The van der Waals surface area contributed by atoms with Crippen LogP contribution in [-0.2, 0) is 26.2 Å². The number of likely N-dealkylation sites (tertiary alicyclic amines) is 1. The Hall–Kier alpha value is -3.05. The van der Waals surface area contributed by atoms with E-state index in [9.17, 15) is 26.4 Å². The molecule has 1 aliphatic heterocycles. The lowest BCUT2D eigenvalue weighted by molar-refractivity contribution is -0.192. The van der Waals surface area contributed by atoms with Gasteiger partial charge in [0.05, 0.1) is 11.9 Å². The van der Waals surface area contributed by atoms with E-state index in [0.717, 1.165) is 36.5 Å². The van der Waals surface area contributed by atoms with Crippen molar-refractivity contribution in [2.24, 2.45) is 0 Å². The van der Waals surface area contributed by atoms with E-state index in [2.05, 4.69) is 14.7 Å². The molecule has 17 heteroatoms. The molecule has 0 aliphatic carbocycles. The number of nitrogens with two attached hydrogens (primary N) is 1. The summed E-state index contributed by atoms with van der Waals surface area (Å²) in [6.45, 7) is 0.836. The number of alkyl halides is 3. The van der Waals surface area contributed by atoms with E-state index < -0.39 is 28.2 Å². The number of carboxylic acids is 1. The van der Waals surface area contributed by atoms with Crippen molar-refractivity contribution in [2.45, 2.75) is 29.4 Å². The minimum absolute atomic E-state index is 0.162. The highest BCUT2D eigenvalue weighted by atomic mass is 35.5. The van der Waals surface area contributed by atoms with Gasteiger partial charge in [-0.3, -0.25) is 4.79 Å². The number of amides is 1. The molecule has 1 aliphatic rings. The third kappa shape index (κ3) is 6.15. The maximum atomic E-state index is 12.9. The fraction of sp³-hybridized carbons (Fsp3) is 0.238. The smallest absolute Gasteiger partial charge is 0.475 e. The fourth-order valence-corrected chi connectivity index (χ4v) is 7.38. The molecule has 10 nitrogen and oxygen atoms in total.